The number of nitrogens with zero attached hydrogens (tertiary/aromatic N) is 1. The van der Waals surface area contributed by atoms with E-state index in [-0.39, 0.29) is 29.3 Å². The quantitative estimate of drug-likeness (QED) is 0.677. The summed E-state index contributed by atoms with van der Waals surface area (Å²) in [6, 6.07) is 10.2. The van der Waals surface area contributed by atoms with Gasteiger partial charge in [-0.2, -0.15) is 8.78 Å². The van der Waals surface area contributed by atoms with Gasteiger partial charge in [0.25, 0.3) is 0 Å². The standard InChI is InChI=1S/C22H23ClF2N2O4/c23-16-12-15(5-7-18(16)31-22(24)25)26-21(28)13-27-8-1-3-17(27)14-4-6-19-20(11-14)30-10-2-9-29-19/h4-7,11-12,17,22H,1-3,8-10,13H2,(H,26,28)/t17-/m0/s1. The normalized spacial score (nSPS) is 18.6. The molecule has 0 spiro atoms. The van der Waals surface area contributed by atoms with Crippen molar-refractivity contribution in [3.63, 3.8) is 0 Å². The fraction of sp³-hybridized carbons (Fsp3) is 0.409. The molecule has 0 unspecified atom stereocenters. The van der Waals surface area contributed by atoms with Crippen LogP contribution in [-0.2, 0) is 4.79 Å². The third kappa shape index (κ3) is 5.37. The number of ether oxygens (including phenoxy) is 3. The van der Waals surface area contributed by atoms with Crippen LogP contribution >= 0.6 is 11.6 Å². The van der Waals surface area contributed by atoms with E-state index in [1.54, 1.807) is 0 Å². The molecule has 31 heavy (non-hydrogen) atoms. The van der Waals surface area contributed by atoms with Gasteiger partial charge in [0, 0.05) is 18.2 Å². The lowest BCUT2D eigenvalue weighted by molar-refractivity contribution is -0.117. The molecule has 0 bridgehead atoms. The molecule has 2 aromatic carbocycles. The molecule has 0 aromatic heterocycles. The van der Waals surface area contributed by atoms with Gasteiger partial charge in [0.2, 0.25) is 5.91 Å². The molecule has 2 aliphatic rings. The van der Waals surface area contributed by atoms with Gasteiger partial charge in [-0.25, -0.2) is 0 Å². The Morgan fingerprint density at radius 2 is 1.97 bits per heavy atom. The lowest BCUT2D eigenvalue weighted by Gasteiger charge is -2.25. The predicted molar refractivity (Wildman–Crippen MR) is 112 cm³/mol. The molecule has 0 radical (unpaired) electrons. The zero-order chi connectivity index (χ0) is 21.8. The number of alkyl halides is 2. The number of amides is 1. The Balaban J connectivity index is 1.40. The number of fused-ring (bicyclic) bond motifs is 1. The number of benzene rings is 2. The second-order valence-electron chi connectivity index (χ2n) is 7.46. The molecule has 4 rings (SSSR count). The summed E-state index contributed by atoms with van der Waals surface area (Å²) in [6.07, 6.45) is 2.77. The van der Waals surface area contributed by atoms with E-state index in [2.05, 4.69) is 15.0 Å². The van der Waals surface area contributed by atoms with Crippen molar-refractivity contribution < 1.29 is 27.8 Å². The summed E-state index contributed by atoms with van der Waals surface area (Å²) in [7, 11) is 0. The minimum atomic E-state index is -2.96. The molecular weight excluding hydrogens is 430 g/mol. The molecule has 1 saturated heterocycles. The van der Waals surface area contributed by atoms with Crippen molar-refractivity contribution in [2.45, 2.75) is 31.9 Å². The van der Waals surface area contributed by atoms with Gasteiger partial charge in [0.15, 0.2) is 11.5 Å². The summed E-state index contributed by atoms with van der Waals surface area (Å²) in [5, 5.41) is 2.77. The predicted octanol–water partition coefficient (Wildman–Crippen LogP) is 4.88. The minimum absolute atomic E-state index is 0.00402. The maximum atomic E-state index is 12.6. The molecule has 1 amide bonds. The first-order valence-corrected chi connectivity index (χ1v) is 10.6. The van der Waals surface area contributed by atoms with Gasteiger partial charge in [0.1, 0.15) is 5.75 Å². The van der Waals surface area contributed by atoms with Crippen LogP contribution in [0, 0.1) is 0 Å². The summed E-state index contributed by atoms with van der Waals surface area (Å²) in [5.74, 6) is 1.15. The fourth-order valence-electron chi connectivity index (χ4n) is 3.94. The van der Waals surface area contributed by atoms with Crippen LogP contribution in [-0.4, -0.2) is 43.7 Å². The Kier molecular flexibility index (Phi) is 6.77. The zero-order valence-corrected chi connectivity index (χ0v) is 17.5. The molecule has 1 fully saturated rings. The number of anilines is 1. The number of carbonyl (C=O) groups excluding carboxylic acids is 1. The molecule has 2 aliphatic heterocycles. The van der Waals surface area contributed by atoms with Gasteiger partial charge in [-0.15, -0.1) is 0 Å². The largest absolute Gasteiger partial charge is 0.490 e. The van der Waals surface area contributed by atoms with Gasteiger partial charge < -0.3 is 19.5 Å². The van der Waals surface area contributed by atoms with E-state index in [1.165, 1.54) is 18.2 Å². The zero-order valence-electron chi connectivity index (χ0n) is 16.8. The maximum Gasteiger partial charge on any atom is 0.387 e. The minimum Gasteiger partial charge on any atom is -0.490 e. The second kappa shape index (κ2) is 9.70. The van der Waals surface area contributed by atoms with Crippen molar-refractivity contribution in [3.05, 3.63) is 47.0 Å². The summed E-state index contributed by atoms with van der Waals surface area (Å²) < 4.78 is 40.5. The number of carbonyl (C=O) groups is 1. The van der Waals surface area contributed by atoms with Crippen LogP contribution in [0.2, 0.25) is 5.02 Å². The van der Waals surface area contributed by atoms with Gasteiger partial charge in [-0.1, -0.05) is 17.7 Å². The van der Waals surface area contributed by atoms with E-state index in [9.17, 15) is 13.6 Å². The first-order valence-electron chi connectivity index (χ1n) is 10.2. The van der Waals surface area contributed by atoms with Crippen molar-refractivity contribution >= 4 is 23.2 Å². The van der Waals surface area contributed by atoms with Crippen LogP contribution in [0.5, 0.6) is 17.2 Å². The van der Waals surface area contributed by atoms with E-state index in [0.717, 1.165) is 42.9 Å². The summed E-state index contributed by atoms with van der Waals surface area (Å²) in [6.45, 7) is -0.700. The molecule has 2 heterocycles. The number of nitrogens with one attached hydrogen (secondary N) is 1. The average molecular weight is 453 g/mol. The third-order valence-electron chi connectivity index (χ3n) is 5.30. The molecule has 1 atom stereocenters. The molecular formula is C22H23ClF2N2O4. The Morgan fingerprint density at radius 3 is 2.74 bits per heavy atom. The smallest absolute Gasteiger partial charge is 0.387 e. The first-order chi connectivity index (χ1) is 15.0. The maximum absolute atomic E-state index is 12.6. The first kappa shape index (κ1) is 21.6. The topological polar surface area (TPSA) is 60.0 Å². The van der Waals surface area contributed by atoms with Crippen LogP contribution in [0.25, 0.3) is 0 Å². The van der Waals surface area contributed by atoms with E-state index in [4.69, 9.17) is 21.1 Å². The second-order valence-corrected chi connectivity index (χ2v) is 7.86. The van der Waals surface area contributed by atoms with Gasteiger partial charge in [0.05, 0.1) is 24.8 Å². The van der Waals surface area contributed by atoms with Crippen LogP contribution < -0.4 is 19.5 Å². The molecule has 0 aliphatic carbocycles. The van der Waals surface area contributed by atoms with E-state index >= 15 is 0 Å². The van der Waals surface area contributed by atoms with Crippen LogP contribution in [0.1, 0.15) is 30.9 Å². The highest BCUT2D eigenvalue weighted by Crippen LogP contribution is 2.38. The van der Waals surface area contributed by atoms with E-state index in [1.807, 2.05) is 18.2 Å². The number of hydrogen-bond donors (Lipinski definition) is 1. The van der Waals surface area contributed by atoms with Gasteiger partial charge in [-0.05, 0) is 55.3 Å². The van der Waals surface area contributed by atoms with E-state index < -0.39 is 6.61 Å². The number of likely N-dealkylation sites (tertiary alicyclic amines) is 1. The van der Waals surface area contributed by atoms with Gasteiger partial charge in [-0.3, -0.25) is 9.69 Å². The molecule has 6 nitrogen and oxygen atoms in total. The number of hydrogen-bond acceptors (Lipinski definition) is 5. The van der Waals surface area contributed by atoms with Crippen molar-refractivity contribution in [2.24, 2.45) is 0 Å². The Morgan fingerprint density at radius 1 is 1.16 bits per heavy atom. The lowest BCUT2D eigenvalue weighted by atomic mass is 10.0. The third-order valence-corrected chi connectivity index (χ3v) is 5.59. The van der Waals surface area contributed by atoms with Crippen LogP contribution in [0.15, 0.2) is 36.4 Å². The number of halogens is 3. The Hall–Kier alpha value is -2.58. The van der Waals surface area contributed by atoms with Crippen molar-refractivity contribution in [1.82, 2.24) is 4.90 Å². The highest BCUT2D eigenvalue weighted by atomic mass is 35.5. The molecule has 2 aromatic rings. The van der Waals surface area contributed by atoms with Crippen LogP contribution in [0.3, 0.4) is 0 Å². The van der Waals surface area contributed by atoms with E-state index in [0.29, 0.717) is 18.9 Å². The van der Waals surface area contributed by atoms with Crippen molar-refractivity contribution in [3.8, 4) is 17.2 Å². The van der Waals surface area contributed by atoms with Gasteiger partial charge >= 0.3 is 6.61 Å². The Bertz CT molecular complexity index is 944. The molecule has 9 heteroatoms. The highest BCUT2D eigenvalue weighted by Gasteiger charge is 2.28. The fourth-order valence-corrected chi connectivity index (χ4v) is 4.16. The van der Waals surface area contributed by atoms with Crippen LogP contribution in [0.4, 0.5) is 14.5 Å². The molecule has 166 valence electrons. The molecule has 0 saturated carbocycles. The monoisotopic (exact) mass is 452 g/mol. The summed E-state index contributed by atoms with van der Waals surface area (Å²) >= 11 is 5.96. The average Bonchev–Trinajstić information content (AvgIpc) is 3.05. The molecule has 1 N–H and O–H groups in total. The summed E-state index contributed by atoms with van der Waals surface area (Å²) in [5.41, 5.74) is 1.51. The highest BCUT2D eigenvalue weighted by molar-refractivity contribution is 6.32. The van der Waals surface area contributed by atoms with Crippen molar-refractivity contribution in [2.75, 3.05) is 31.6 Å². The van der Waals surface area contributed by atoms with Crippen molar-refractivity contribution in [1.29, 1.82) is 0 Å². The summed E-state index contributed by atoms with van der Waals surface area (Å²) in [4.78, 5) is 14.7. The SMILES string of the molecule is O=C(CN1CCC[C@H]1c1ccc2c(c1)OCCCO2)Nc1ccc(OC(F)F)c(Cl)c1. The number of rotatable bonds is 6. The lowest BCUT2D eigenvalue weighted by Crippen LogP contribution is -2.33. The Labute approximate surface area is 184 Å².